The molecule has 2 aromatic rings. The second-order valence-electron chi connectivity index (χ2n) is 6.15. The van der Waals surface area contributed by atoms with Crippen LogP contribution in [-0.2, 0) is 4.74 Å². The molecular formula is C19H19BrN4O5. The van der Waals surface area contributed by atoms with Gasteiger partial charge in [-0.1, -0.05) is 22.0 Å². The smallest absolute Gasteiger partial charge is 0.293 e. The molecule has 0 bridgehead atoms. The average Bonchev–Trinajstić information content (AvgIpc) is 2.74. The first-order chi connectivity index (χ1) is 14.0. The third kappa shape index (κ3) is 5.09. The second-order valence-corrected chi connectivity index (χ2v) is 7.06. The maximum absolute atomic E-state index is 12.4. The highest BCUT2D eigenvalue weighted by molar-refractivity contribution is 9.10. The second kappa shape index (κ2) is 9.48. The first kappa shape index (κ1) is 20.7. The van der Waals surface area contributed by atoms with Gasteiger partial charge in [-0.2, -0.15) is 5.10 Å². The topological polar surface area (TPSA) is 106 Å². The monoisotopic (exact) mass is 462 g/mol. The predicted octanol–water partition coefficient (Wildman–Crippen LogP) is 2.97. The largest absolute Gasteiger partial charge is 0.496 e. The molecule has 0 unspecified atom stereocenters. The van der Waals surface area contributed by atoms with Crippen LogP contribution in [0.4, 0.5) is 11.4 Å². The minimum absolute atomic E-state index is 0.0177. The van der Waals surface area contributed by atoms with Crippen molar-refractivity contribution in [3.05, 3.63) is 62.1 Å². The Bertz CT molecular complexity index is 944. The number of methoxy groups -OCH3 is 1. The summed E-state index contributed by atoms with van der Waals surface area (Å²) in [6.07, 6.45) is 1.36. The number of nitrogens with one attached hydrogen (secondary N) is 1. The van der Waals surface area contributed by atoms with Crippen LogP contribution in [0.2, 0.25) is 0 Å². The molecule has 1 aliphatic heterocycles. The minimum atomic E-state index is -0.459. The fraction of sp³-hybridized carbons (Fsp3) is 0.263. The molecule has 0 spiro atoms. The first-order valence-corrected chi connectivity index (χ1v) is 9.57. The van der Waals surface area contributed by atoms with Crippen LogP contribution in [-0.4, -0.2) is 50.5 Å². The molecule has 29 heavy (non-hydrogen) atoms. The minimum Gasteiger partial charge on any atom is -0.496 e. The number of nitro groups is 1. The Morgan fingerprint density at radius 2 is 2.07 bits per heavy atom. The molecule has 1 fully saturated rings. The number of morpholine rings is 1. The summed E-state index contributed by atoms with van der Waals surface area (Å²) in [7, 11) is 1.47. The normalized spacial score (nSPS) is 14.1. The van der Waals surface area contributed by atoms with Crippen molar-refractivity contribution in [2.45, 2.75) is 0 Å². The number of amides is 1. The van der Waals surface area contributed by atoms with E-state index in [1.807, 2.05) is 4.90 Å². The van der Waals surface area contributed by atoms with E-state index in [0.717, 1.165) is 4.47 Å². The van der Waals surface area contributed by atoms with E-state index in [-0.39, 0.29) is 5.69 Å². The van der Waals surface area contributed by atoms with E-state index in [1.54, 1.807) is 30.3 Å². The molecule has 0 radical (unpaired) electrons. The van der Waals surface area contributed by atoms with Gasteiger partial charge in [-0.05, 0) is 24.3 Å². The van der Waals surface area contributed by atoms with Crippen LogP contribution < -0.4 is 15.1 Å². The molecule has 0 aromatic heterocycles. The molecule has 1 saturated heterocycles. The van der Waals surface area contributed by atoms with Crippen molar-refractivity contribution < 1.29 is 19.2 Å². The molecule has 1 amide bonds. The number of nitrogens with zero attached hydrogens (tertiary/aromatic N) is 3. The number of carbonyl (C=O) groups is 1. The number of hydrazone groups is 1. The van der Waals surface area contributed by atoms with Gasteiger partial charge >= 0.3 is 0 Å². The summed E-state index contributed by atoms with van der Waals surface area (Å²) in [5, 5.41) is 15.4. The Morgan fingerprint density at radius 1 is 1.31 bits per heavy atom. The zero-order chi connectivity index (χ0) is 20.8. The zero-order valence-corrected chi connectivity index (χ0v) is 17.2. The number of hydrogen-bond donors (Lipinski definition) is 1. The molecule has 1 heterocycles. The van der Waals surface area contributed by atoms with Gasteiger partial charge in [0.15, 0.2) is 0 Å². The Kier molecular flexibility index (Phi) is 6.78. The van der Waals surface area contributed by atoms with E-state index < -0.39 is 10.8 Å². The van der Waals surface area contributed by atoms with Crippen LogP contribution in [0.15, 0.2) is 46.0 Å². The van der Waals surface area contributed by atoms with E-state index >= 15 is 0 Å². The molecule has 2 aromatic carbocycles. The van der Waals surface area contributed by atoms with Gasteiger partial charge in [0.05, 0.1) is 37.0 Å². The molecule has 1 N–H and O–H groups in total. The van der Waals surface area contributed by atoms with Gasteiger partial charge in [0.25, 0.3) is 11.6 Å². The third-order valence-electron chi connectivity index (χ3n) is 4.33. The molecule has 0 saturated carbocycles. The van der Waals surface area contributed by atoms with Gasteiger partial charge in [0.1, 0.15) is 11.4 Å². The Balaban J connectivity index is 1.75. The maximum Gasteiger partial charge on any atom is 0.293 e. The summed E-state index contributed by atoms with van der Waals surface area (Å²) in [4.78, 5) is 25.3. The molecule has 1 aliphatic rings. The number of halogens is 1. The third-order valence-corrected chi connectivity index (χ3v) is 4.83. The van der Waals surface area contributed by atoms with E-state index in [1.165, 1.54) is 19.4 Å². The van der Waals surface area contributed by atoms with Crippen molar-refractivity contribution in [2.24, 2.45) is 5.10 Å². The number of benzene rings is 2. The van der Waals surface area contributed by atoms with E-state index in [0.29, 0.717) is 48.9 Å². The van der Waals surface area contributed by atoms with E-state index in [4.69, 9.17) is 9.47 Å². The fourth-order valence-electron chi connectivity index (χ4n) is 2.92. The number of nitro benzene ring substituents is 1. The average molecular weight is 463 g/mol. The van der Waals surface area contributed by atoms with Gasteiger partial charge in [0, 0.05) is 29.2 Å². The number of ether oxygens (including phenoxy) is 2. The predicted molar refractivity (Wildman–Crippen MR) is 112 cm³/mol. The van der Waals surface area contributed by atoms with Gasteiger partial charge in [-0.15, -0.1) is 0 Å². The maximum atomic E-state index is 12.4. The number of carbonyl (C=O) groups excluding carboxylic acids is 1. The SMILES string of the molecule is COc1ccc(Br)cc1C(=O)N/N=C\c1ccc(N2CCOCC2)c([N+](=O)[O-])c1. The number of hydrogen-bond acceptors (Lipinski definition) is 7. The zero-order valence-electron chi connectivity index (χ0n) is 15.6. The Labute approximate surface area is 175 Å². The lowest BCUT2D eigenvalue weighted by molar-refractivity contribution is -0.384. The number of anilines is 1. The van der Waals surface area contributed by atoms with Crippen molar-refractivity contribution in [1.82, 2.24) is 5.43 Å². The van der Waals surface area contributed by atoms with Crippen molar-refractivity contribution in [3.63, 3.8) is 0 Å². The molecule has 0 atom stereocenters. The van der Waals surface area contributed by atoms with Gasteiger partial charge in [-0.25, -0.2) is 5.43 Å². The molecule has 9 nitrogen and oxygen atoms in total. The van der Waals surface area contributed by atoms with E-state index in [9.17, 15) is 14.9 Å². The summed E-state index contributed by atoms with van der Waals surface area (Å²) in [6, 6.07) is 9.87. The van der Waals surface area contributed by atoms with Crippen molar-refractivity contribution in [1.29, 1.82) is 0 Å². The molecule has 0 aliphatic carbocycles. The fourth-order valence-corrected chi connectivity index (χ4v) is 3.28. The van der Waals surface area contributed by atoms with Crippen molar-refractivity contribution in [2.75, 3.05) is 38.3 Å². The van der Waals surface area contributed by atoms with Crippen molar-refractivity contribution in [3.8, 4) is 5.75 Å². The van der Waals surface area contributed by atoms with Crippen LogP contribution in [0.1, 0.15) is 15.9 Å². The van der Waals surface area contributed by atoms with Gasteiger partial charge < -0.3 is 14.4 Å². The van der Waals surface area contributed by atoms with Crippen LogP contribution in [0.5, 0.6) is 5.75 Å². The highest BCUT2D eigenvalue weighted by Crippen LogP contribution is 2.29. The highest BCUT2D eigenvalue weighted by Gasteiger charge is 2.21. The van der Waals surface area contributed by atoms with Gasteiger partial charge in [0.2, 0.25) is 0 Å². The summed E-state index contributed by atoms with van der Waals surface area (Å²) in [6.45, 7) is 2.26. The number of rotatable bonds is 6. The Morgan fingerprint density at radius 3 is 2.76 bits per heavy atom. The van der Waals surface area contributed by atoms with Crippen LogP contribution in [0.25, 0.3) is 0 Å². The van der Waals surface area contributed by atoms with Crippen LogP contribution in [0, 0.1) is 10.1 Å². The summed E-state index contributed by atoms with van der Waals surface area (Å²) in [5.74, 6) is -0.0507. The molecule has 10 heteroatoms. The first-order valence-electron chi connectivity index (χ1n) is 8.77. The quantitative estimate of drug-likeness (QED) is 0.401. The summed E-state index contributed by atoms with van der Waals surface area (Å²) >= 11 is 3.31. The van der Waals surface area contributed by atoms with Crippen LogP contribution in [0.3, 0.4) is 0 Å². The highest BCUT2D eigenvalue weighted by atomic mass is 79.9. The van der Waals surface area contributed by atoms with Crippen molar-refractivity contribution >= 4 is 39.4 Å². The summed E-state index contributed by atoms with van der Waals surface area (Å²) in [5.41, 5.74) is 3.74. The Hall–Kier alpha value is -2.98. The molecule has 152 valence electrons. The standard InChI is InChI=1S/C19H19BrN4O5/c1-28-18-5-3-14(20)11-15(18)19(25)22-21-12-13-2-4-16(17(10-13)24(26)27)23-6-8-29-9-7-23/h2-5,10-12H,6-9H2,1H3,(H,22,25)/b21-12-. The lowest BCUT2D eigenvalue weighted by Crippen LogP contribution is -2.36. The van der Waals surface area contributed by atoms with E-state index in [2.05, 4.69) is 26.5 Å². The van der Waals surface area contributed by atoms with Gasteiger partial charge in [-0.3, -0.25) is 14.9 Å². The summed E-state index contributed by atoms with van der Waals surface area (Å²) < 4.78 is 11.2. The molecular weight excluding hydrogens is 444 g/mol. The lowest BCUT2D eigenvalue weighted by Gasteiger charge is -2.28. The lowest BCUT2D eigenvalue weighted by atomic mass is 10.1. The molecule has 3 rings (SSSR count). The van der Waals surface area contributed by atoms with Crippen LogP contribution >= 0.6 is 15.9 Å².